The van der Waals surface area contributed by atoms with E-state index in [1.165, 1.54) is 0 Å². The molecule has 7 nitrogen and oxygen atoms in total. The molecule has 0 radical (unpaired) electrons. The number of carbonyl (C=O) groups excluding carboxylic acids is 1. The lowest BCUT2D eigenvalue weighted by atomic mass is 10.0. The first-order chi connectivity index (χ1) is 13.8. The molecule has 0 N–H and O–H groups in total. The fourth-order valence-electron chi connectivity index (χ4n) is 2.39. The van der Waals surface area contributed by atoms with Gasteiger partial charge in [-0.1, -0.05) is 67.2 Å². The van der Waals surface area contributed by atoms with Crippen LogP contribution in [0.4, 0.5) is 4.79 Å². The molecule has 0 aromatic rings. The third-order valence-electron chi connectivity index (χ3n) is 4.52. The van der Waals surface area contributed by atoms with E-state index in [-0.39, 0.29) is 11.8 Å². The van der Waals surface area contributed by atoms with Crippen molar-refractivity contribution in [3.63, 3.8) is 0 Å². The van der Waals surface area contributed by atoms with Gasteiger partial charge in [0, 0.05) is 11.8 Å². The van der Waals surface area contributed by atoms with Gasteiger partial charge in [-0.2, -0.15) is 9.78 Å². The topological polar surface area (TPSA) is 72.5 Å². The molecule has 0 aromatic heterocycles. The van der Waals surface area contributed by atoms with E-state index in [9.17, 15) is 4.79 Å². The van der Waals surface area contributed by atoms with Crippen molar-refractivity contribution < 1.29 is 33.8 Å². The van der Waals surface area contributed by atoms with Crippen molar-refractivity contribution in [2.45, 2.75) is 132 Å². The van der Waals surface area contributed by atoms with Crippen molar-refractivity contribution in [3.8, 4) is 0 Å². The molecule has 0 spiro atoms. The molecule has 0 amide bonds. The minimum absolute atomic E-state index is 0.123. The minimum atomic E-state index is -0.895. The summed E-state index contributed by atoms with van der Waals surface area (Å²) < 4.78 is 10.7. The summed E-state index contributed by atoms with van der Waals surface area (Å²) in [6, 6.07) is 0. The Bertz CT molecular complexity index is 420. The van der Waals surface area contributed by atoms with E-state index >= 15 is 0 Å². The Balaban J connectivity index is 4.74. The van der Waals surface area contributed by atoms with E-state index in [0.717, 1.165) is 38.5 Å². The lowest BCUT2D eigenvalue weighted by molar-refractivity contribution is -0.432. The van der Waals surface area contributed by atoms with Gasteiger partial charge in [0.15, 0.2) is 0 Å². The van der Waals surface area contributed by atoms with E-state index < -0.39 is 29.9 Å². The number of hydrogen-bond donors (Lipinski definition) is 0. The quantitative estimate of drug-likeness (QED) is 0.113. The maximum absolute atomic E-state index is 12.4. The summed E-state index contributed by atoms with van der Waals surface area (Å²) >= 11 is 0. The van der Waals surface area contributed by atoms with Crippen LogP contribution in [-0.2, 0) is 29.0 Å². The molecule has 0 saturated carbocycles. The summed E-state index contributed by atoms with van der Waals surface area (Å²) in [6.45, 7) is 19.5. The predicted octanol–water partition coefficient (Wildman–Crippen LogP) is 6.94. The molecular formula is C23H46O7. The van der Waals surface area contributed by atoms with Crippen LogP contribution in [0.15, 0.2) is 0 Å². The van der Waals surface area contributed by atoms with Crippen LogP contribution in [0.2, 0.25) is 0 Å². The van der Waals surface area contributed by atoms with Crippen molar-refractivity contribution in [3.05, 3.63) is 0 Å². The molecule has 0 aliphatic rings. The first kappa shape index (κ1) is 29.1. The van der Waals surface area contributed by atoms with Crippen LogP contribution in [-0.4, -0.2) is 29.9 Å². The Labute approximate surface area is 183 Å². The number of hydrogen-bond acceptors (Lipinski definition) is 7. The van der Waals surface area contributed by atoms with Gasteiger partial charge in [0.25, 0.3) is 0 Å². The van der Waals surface area contributed by atoms with Crippen LogP contribution in [0.5, 0.6) is 0 Å². The first-order valence-electron chi connectivity index (χ1n) is 11.4. The second-order valence-electron chi connectivity index (χ2n) is 9.80. The van der Waals surface area contributed by atoms with Crippen LogP contribution in [0, 0.1) is 11.8 Å². The van der Waals surface area contributed by atoms with Crippen molar-refractivity contribution in [1.29, 1.82) is 0 Å². The molecule has 2 atom stereocenters. The molecule has 0 aromatic carbocycles. The van der Waals surface area contributed by atoms with Gasteiger partial charge in [0.1, 0.15) is 0 Å². The summed E-state index contributed by atoms with van der Waals surface area (Å²) in [4.78, 5) is 34.3. The summed E-state index contributed by atoms with van der Waals surface area (Å²) in [7, 11) is 0. The zero-order valence-corrected chi connectivity index (χ0v) is 20.9. The average Bonchev–Trinajstić information content (AvgIpc) is 2.64. The van der Waals surface area contributed by atoms with Gasteiger partial charge >= 0.3 is 6.16 Å². The summed E-state index contributed by atoms with van der Waals surface area (Å²) in [5.41, 5.74) is -0.949. The lowest BCUT2D eigenvalue weighted by Gasteiger charge is -2.29. The Morgan fingerprint density at radius 1 is 0.700 bits per heavy atom. The zero-order valence-electron chi connectivity index (χ0n) is 20.9. The largest absolute Gasteiger partial charge is 0.513 e. The molecule has 0 aliphatic heterocycles. The highest BCUT2D eigenvalue weighted by molar-refractivity contribution is 5.60. The third-order valence-corrected chi connectivity index (χ3v) is 4.52. The van der Waals surface area contributed by atoms with Crippen LogP contribution < -0.4 is 0 Å². The zero-order chi connectivity index (χ0) is 23.4. The van der Waals surface area contributed by atoms with E-state index in [1.54, 1.807) is 0 Å². The van der Waals surface area contributed by atoms with Gasteiger partial charge in [0.2, 0.25) is 12.6 Å². The van der Waals surface area contributed by atoms with E-state index in [1.807, 2.05) is 55.4 Å². The van der Waals surface area contributed by atoms with Crippen LogP contribution >= 0.6 is 0 Å². The number of rotatable bonds is 16. The van der Waals surface area contributed by atoms with Crippen molar-refractivity contribution in [2.75, 3.05) is 0 Å². The molecule has 0 heterocycles. The van der Waals surface area contributed by atoms with Crippen LogP contribution in [0.25, 0.3) is 0 Å². The van der Waals surface area contributed by atoms with E-state index in [0.29, 0.717) is 0 Å². The van der Waals surface area contributed by atoms with Gasteiger partial charge in [-0.05, 0) is 40.5 Å². The van der Waals surface area contributed by atoms with Gasteiger partial charge < -0.3 is 9.47 Å². The molecule has 0 bridgehead atoms. The number of unbranched alkanes of at least 4 members (excludes halogenated alkanes) is 2. The second kappa shape index (κ2) is 14.2. The third kappa shape index (κ3) is 13.4. The smallest absolute Gasteiger partial charge is 0.401 e. The lowest BCUT2D eigenvalue weighted by Crippen LogP contribution is -2.36. The number of carbonyl (C=O) groups is 1. The first-order valence-corrected chi connectivity index (χ1v) is 11.4. The summed E-state index contributed by atoms with van der Waals surface area (Å²) in [5, 5.41) is 0. The van der Waals surface area contributed by atoms with Crippen molar-refractivity contribution in [1.82, 2.24) is 0 Å². The fourth-order valence-corrected chi connectivity index (χ4v) is 2.39. The molecule has 2 unspecified atom stereocenters. The maximum Gasteiger partial charge on any atom is 0.513 e. The molecule has 180 valence electrons. The predicted molar refractivity (Wildman–Crippen MR) is 116 cm³/mol. The monoisotopic (exact) mass is 434 g/mol. The minimum Gasteiger partial charge on any atom is -0.401 e. The highest BCUT2D eigenvalue weighted by Gasteiger charge is 2.30. The Morgan fingerprint density at radius 3 is 1.30 bits per heavy atom. The summed E-state index contributed by atoms with van der Waals surface area (Å²) in [5.74, 6) is -0.246. The van der Waals surface area contributed by atoms with Gasteiger partial charge in [-0.3, -0.25) is 0 Å². The Morgan fingerprint density at radius 2 is 1.03 bits per heavy atom. The van der Waals surface area contributed by atoms with Gasteiger partial charge in [-0.15, -0.1) is 0 Å². The van der Waals surface area contributed by atoms with Gasteiger partial charge in [-0.25, -0.2) is 14.6 Å². The highest BCUT2D eigenvalue weighted by atomic mass is 17.2. The molecule has 0 rings (SSSR count). The normalized spacial score (nSPS) is 14.8. The Kier molecular flexibility index (Phi) is 13.8. The number of ether oxygens (including phenoxy) is 2. The Hall–Kier alpha value is -0.890. The van der Waals surface area contributed by atoms with Crippen molar-refractivity contribution >= 4 is 6.16 Å². The molecule has 30 heavy (non-hydrogen) atoms. The van der Waals surface area contributed by atoms with E-state index in [4.69, 9.17) is 29.0 Å². The van der Waals surface area contributed by atoms with Crippen LogP contribution in [0.1, 0.15) is 108 Å². The summed E-state index contributed by atoms with van der Waals surface area (Å²) in [6.07, 6.45) is 3.18. The molecule has 0 aliphatic carbocycles. The fraction of sp³-hybridized carbons (Fsp3) is 0.957. The standard InChI is InChI=1S/C23H46O7/c1-11-13-15-22(7,8)29-27-19(17(3)4)25-21(24)26-20(18(5)6)28-30-23(9,10)16-14-12-2/h17-20H,11-16H2,1-10H3. The molecular weight excluding hydrogens is 388 g/mol. The highest BCUT2D eigenvalue weighted by Crippen LogP contribution is 2.23. The SMILES string of the molecule is CCCCC(C)(C)OOC(OC(=O)OC(OOC(C)(C)CCCC)C(C)C)C(C)C. The van der Waals surface area contributed by atoms with Gasteiger partial charge in [0.05, 0.1) is 11.2 Å². The van der Waals surface area contributed by atoms with Crippen molar-refractivity contribution in [2.24, 2.45) is 11.8 Å². The second-order valence-corrected chi connectivity index (χ2v) is 9.80. The molecule has 7 heteroatoms. The molecule has 0 saturated heterocycles. The van der Waals surface area contributed by atoms with Crippen LogP contribution in [0.3, 0.4) is 0 Å². The van der Waals surface area contributed by atoms with E-state index in [2.05, 4.69) is 13.8 Å². The maximum atomic E-state index is 12.4. The molecule has 0 fully saturated rings. The average molecular weight is 435 g/mol.